The van der Waals surface area contributed by atoms with E-state index in [1.54, 1.807) is 0 Å². The Morgan fingerprint density at radius 3 is 2.57 bits per heavy atom. The van der Waals surface area contributed by atoms with Crippen molar-refractivity contribution >= 4 is 18.3 Å². The van der Waals surface area contributed by atoms with Crippen LogP contribution in [0, 0.1) is 5.92 Å². The molecule has 0 spiro atoms. The average Bonchev–Trinajstić information content (AvgIpc) is 2.53. The van der Waals surface area contributed by atoms with Crippen LogP contribution in [-0.2, 0) is 6.42 Å². The Hall–Kier alpha value is -1.06. The number of nitrogens with two attached hydrogens (primary N) is 1. The van der Waals surface area contributed by atoms with E-state index in [-0.39, 0.29) is 24.4 Å². The van der Waals surface area contributed by atoms with Crippen LogP contribution in [0.1, 0.15) is 54.9 Å². The van der Waals surface area contributed by atoms with Crippen LogP contribution in [0.5, 0.6) is 0 Å². The van der Waals surface area contributed by atoms with Crippen molar-refractivity contribution < 1.29 is 4.79 Å². The first-order valence-electron chi connectivity index (χ1n) is 7.85. The van der Waals surface area contributed by atoms with E-state index in [0.29, 0.717) is 12.5 Å². The molecule has 1 fully saturated rings. The third-order valence-electron chi connectivity index (χ3n) is 4.43. The quantitative estimate of drug-likeness (QED) is 0.876. The lowest BCUT2D eigenvalue weighted by Gasteiger charge is -2.30. The van der Waals surface area contributed by atoms with Gasteiger partial charge in [-0.15, -0.1) is 12.4 Å². The number of benzene rings is 1. The summed E-state index contributed by atoms with van der Waals surface area (Å²) in [6.45, 7) is 2.61. The second kappa shape index (κ2) is 9.06. The van der Waals surface area contributed by atoms with Gasteiger partial charge >= 0.3 is 0 Å². The molecule has 1 atom stereocenters. The highest BCUT2D eigenvalue weighted by molar-refractivity contribution is 5.95. The van der Waals surface area contributed by atoms with Crippen molar-refractivity contribution in [1.29, 1.82) is 0 Å². The first-order chi connectivity index (χ1) is 9.76. The largest absolute Gasteiger partial charge is 0.348 e. The Morgan fingerprint density at radius 1 is 1.29 bits per heavy atom. The molecule has 1 aliphatic carbocycles. The van der Waals surface area contributed by atoms with E-state index in [0.717, 1.165) is 17.5 Å². The first kappa shape index (κ1) is 18.0. The van der Waals surface area contributed by atoms with E-state index in [1.807, 2.05) is 24.3 Å². The predicted octanol–water partition coefficient (Wildman–Crippen LogP) is 3.31. The maximum absolute atomic E-state index is 12.5. The van der Waals surface area contributed by atoms with Crippen molar-refractivity contribution in [1.82, 2.24) is 5.32 Å². The van der Waals surface area contributed by atoms with Crippen LogP contribution in [0.2, 0.25) is 0 Å². The Kier molecular flexibility index (Phi) is 7.76. The molecule has 2 rings (SSSR count). The van der Waals surface area contributed by atoms with Crippen molar-refractivity contribution in [2.24, 2.45) is 11.7 Å². The Labute approximate surface area is 134 Å². The standard InChI is InChI=1S/C17H26N2O.ClH/c1-2-13-8-6-7-11-15(13)17(20)19-16(12-18)14-9-4-3-5-10-14;/h6-8,11,14,16H,2-5,9-10,12,18H2,1H3,(H,19,20);1H. The van der Waals surface area contributed by atoms with Gasteiger partial charge in [-0.1, -0.05) is 44.4 Å². The number of amides is 1. The second-order valence-corrected chi connectivity index (χ2v) is 5.72. The molecule has 4 heteroatoms. The molecule has 3 nitrogen and oxygen atoms in total. The van der Waals surface area contributed by atoms with Gasteiger partial charge in [-0.2, -0.15) is 0 Å². The number of rotatable bonds is 5. The number of halogens is 1. The van der Waals surface area contributed by atoms with E-state index in [9.17, 15) is 4.79 Å². The summed E-state index contributed by atoms with van der Waals surface area (Å²) >= 11 is 0. The van der Waals surface area contributed by atoms with Gasteiger partial charge in [0.1, 0.15) is 0 Å². The van der Waals surface area contributed by atoms with E-state index >= 15 is 0 Å². The lowest BCUT2D eigenvalue weighted by atomic mass is 9.83. The second-order valence-electron chi connectivity index (χ2n) is 5.72. The van der Waals surface area contributed by atoms with Crippen molar-refractivity contribution in [3.05, 3.63) is 35.4 Å². The molecule has 118 valence electrons. The smallest absolute Gasteiger partial charge is 0.251 e. The van der Waals surface area contributed by atoms with Crippen LogP contribution in [0.15, 0.2) is 24.3 Å². The third-order valence-corrected chi connectivity index (χ3v) is 4.43. The fraction of sp³-hybridized carbons (Fsp3) is 0.588. The van der Waals surface area contributed by atoms with E-state index in [2.05, 4.69) is 12.2 Å². The first-order valence-corrected chi connectivity index (χ1v) is 7.85. The minimum absolute atomic E-state index is 0. The maximum Gasteiger partial charge on any atom is 0.251 e. The van der Waals surface area contributed by atoms with Crippen LogP contribution < -0.4 is 11.1 Å². The average molecular weight is 311 g/mol. The Balaban J connectivity index is 0.00000220. The molecule has 1 unspecified atom stereocenters. The molecule has 1 amide bonds. The molecule has 0 heterocycles. The maximum atomic E-state index is 12.5. The van der Waals surface area contributed by atoms with Crippen molar-refractivity contribution in [2.45, 2.75) is 51.5 Å². The van der Waals surface area contributed by atoms with Crippen LogP contribution in [0.4, 0.5) is 0 Å². The zero-order valence-electron chi connectivity index (χ0n) is 12.8. The summed E-state index contributed by atoms with van der Waals surface area (Å²) in [4.78, 5) is 12.5. The molecule has 0 radical (unpaired) electrons. The van der Waals surface area contributed by atoms with Crippen LogP contribution >= 0.6 is 12.4 Å². The minimum Gasteiger partial charge on any atom is -0.348 e. The summed E-state index contributed by atoms with van der Waals surface area (Å²) in [5.74, 6) is 0.579. The fourth-order valence-electron chi connectivity index (χ4n) is 3.20. The SMILES string of the molecule is CCc1ccccc1C(=O)NC(CN)C1CCCCC1.Cl. The van der Waals surface area contributed by atoms with Crippen LogP contribution in [0.3, 0.4) is 0 Å². The molecule has 0 saturated heterocycles. The van der Waals surface area contributed by atoms with Crippen molar-refractivity contribution in [2.75, 3.05) is 6.54 Å². The summed E-state index contributed by atoms with van der Waals surface area (Å²) in [6, 6.07) is 7.95. The van der Waals surface area contributed by atoms with Crippen molar-refractivity contribution in [3.63, 3.8) is 0 Å². The van der Waals surface area contributed by atoms with Crippen LogP contribution in [0.25, 0.3) is 0 Å². The summed E-state index contributed by atoms with van der Waals surface area (Å²) in [7, 11) is 0. The molecule has 1 aromatic carbocycles. The molecular weight excluding hydrogens is 284 g/mol. The van der Waals surface area contributed by atoms with Gasteiger partial charge in [0.15, 0.2) is 0 Å². The number of aryl methyl sites for hydroxylation is 1. The minimum atomic E-state index is 0. The normalized spacial score (nSPS) is 16.9. The lowest BCUT2D eigenvalue weighted by Crippen LogP contribution is -2.46. The molecule has 0 bridgehead atoms. The highest BCUT2D eigenvalue weighted by Crippen LogP contribution is 2.26. The molecular formula is C17H27ClN2O. The molecule has 1 aromatic rings. The molecule has 0 aromatic heterocycles. The van der Waals surface area contributed by atoms with E-state index < -0.39 is 0 Å². The molecule has 1 aliphatic rings. The molecule has 1 saturated carbocycles. The number of carbonyl (C=O) groups excluding carboxylic acids is 1. The van der Waals surface area contributed by atoms with E-state index in [4.69, 9.17) is 5.73 Å². The number of nitrogens with one attached hydrogen (secondary N) is 1. The monoisotopic (exact) mass is 310 g/mol. The van der Waals surface area contributed by atoms with Gasteiger partial charge in [0.25, 0.3) is 5.91 Å². The molecule has 21 heavy (non-hydrogen) atoms. The lowest BCUT2D eigenvalue weighted by molar-refractivity contribution is 0.0914. The fourth-order valence-corrected chi connectivity index (χ4v) is 3.20. The summed E-state index contributed by atoms with van der Waals surface area (Å²) in [6.07, 6.45) is 7.11. The summed E-state index contributed by atoms with van der Waals surface area (Å²) in [5, 5.41) is 3.16. The highest BCUT2D eigenvalue weighted by Gasteiger charge is 2.24. The summed E-state index contributed by atoms with van der Waals surface area (Å²) in [5.41, 5.74) is 7.78. The molecule has 3 N–H and O–H groups in total. The van der Waals surface area contributed by atoms with Gasteiger partial charge in [-0.05, 0) is 36.8 Å². The topological polar surface area (TPSA) is 55.1 Å². The Bertz CT molecular complexity index is 444. The van der Waals surface area contributed by atoms with Gasteiger partial charge in [-0.3, -0.25) is 4.79 Å². The van der Waals surface area contributed by atoms with Crippen LogP contribution in [-0.4, -0.2) is 18.5 Å². The number of hydrogen-bond acceptors (Lipinski definition) is 2. The molecule has 0 aliphatic heterocycles. The van der Waals surface area contributed by atoms with Gasteiger partial charge in [-0.25, -0.2) is 0 Å². The van der Waals surface area contributed by atoms with Gasteiger partial charge in [0.05, 0.1) is 0 Å². The van der Waals surface area contributed by atoms with Gasteiger partial charge in [0, 0.05) is 18.2 Å². The number of hydrogen-bond donors (Lipinski definition) is 2. The Morgan fingerprint density at radius 2 is 1.95 bits per heavy atom. The predicted molar refractivity (Wildman–Crippen MR) is 90.0 cm³/mol. The zero-order valence-corrected chi connectivity index (χ0v) is 13.6. The number of carbonyl (C=O) groups is 1. The highest BCUT2D eigenvalue weighted by atomic mass is 35.5. The van der Waals surface area contributed by atoms with Gasteiger partial charge in [0.2, 0.25) is 0 Å². The summed E-state index contributed by atoms with van der Waals surface area (Å²) < 4.78 is 0. The van der Waals surface area contributed by atoms with Crippen molar-refractivity contribution in [3.8, 4) is 0 Å². The zero-order chi connectivity index (χ0) is 14.4. The van der Waals surface area contributed by atoms with Gasteiger partial charge < -0.3 is 11.1 Å². The third kappa shape index (κ3) is 4.72. The van der Waals surface area contributed by atoms with E-state index in [1.165, 1.54) is 32.1 Å².